The lowest BCUT2D eigenvalue weighted by atomic mass is 9.81. The van der Waals surface area contributed by atoms with Crippen molar-refractivity contribution in [3.05, 3.63) is 0 Å². The van der Waals surface area contributed by atoms with Gasteiger partial charge in [-0.2, -0.15) is 0 Å². The first kappa shape index (κ1) is 7.54. The molecule has 3 nitrogen and oxygen atoms in total. The number of nitrogens with one attached hydrogen (secondary N) is 1. The fourth-order valence-corrected chi connectivity index (χ4v) is 1.29. The molecule has 1 rings (SSSR count). The lowest BCUT2D eigenvalue weighted by molar-refractivity contribution is -0.120. The monoisotopic (exact) mass is 143 g/mol. The number of hydrogen-bond donors (Lipinski definition) is 2. The fourth-order valence-electron chi connectivity index (χ4n) is 1.29. The van der Waals surface area contributed by atoms with Crippen molar-refractivity contribution in [3.63, 3.8) is 0 Å². The van der Waals surface area contributed by atoms with E-state index in [0.29, 0.717) is 12.0 Å². The number of rotatable bonds is 2. The van der Waals surface area contributed by atoms with Crippen LogP contribution in [0.2, 0.25) is 0 Å². The molecule has 1 aliphatic carbocycles. The van der Waals surface area contributed by atoms with E-state index in [9.17, 15) is 4.79 Å². The molecular formula is C7H13NO2. The molecule has 0 aliphatic heterocycles. The predicted octanol–water partition coefficient (Wildman–Crippen LogP) is -0.107. The highest BCUT2D eigenvalue weighted by atomic mass is 16.3. The first-order valence-corrected chi connectivity index (χ1v) is 3.60. The van der Waals surface area contributed by atoms with Gasteiger partial charge in [0.15, 0.2) is 0 Å². The number of aliphatic hydroxyl groups excluding tert-OH is 1. The fraction of sp³-hybridized carbons (Fsp3) is 0.857. The van der Waals surface area contributed by atoms with Crippen molar-refractivity contribution < 1.29 is 9.90 Å². The average Bonchev–Trinajstić information content (AvgIpc) is 1.76. The first-order chi connectivity index (χ1) is 4.72. The smallest absolute Gasteiger partial charge is 0.217 e. The molecule has 1 amide bonds. The summed E-state index contributed by atoms with van der Waals surface area (Å²) in [6.07, 6.45) is 1.88. The van der Waals surface area contributed by atoms with E-state index in [1.807, 2.05) is 0 Å². The second kappa shape index (κ2) is 3.01. The minimum atomic E-state index is 0.0291. The van der Waals surface area contributed by atoms with Gasteiger partial charge in [0.05, 0.1) is 0 Å². The van der Waals surface area contributed by atoms with Gasteiger partial charge in [-0.25, -0.2) is 0 Å². The molecule has 0 radical (unpaired) electrons. The maximum absolute atomic E-state index is 10.5. The maximum atomic E-state index is 10.5. The van der Waals surface area contributed by atoms with Gasteiger partial charge in [-0.1, -0.05) is 0 Å². The van der Waals surface area contributed by atoms with E-state index in [-0.39, 0.29) is 12.5 Å². The summed E-state index contributed by atoms with van der Waals surface area (Å²) < 4.78 is 0. The summed E-state index contributed by atoms with van der Waals surface area (Å²) >= 11 is 0. The van der Waals surface area contributed by atoms with E-state index in [1.165, 1.54) is 6.92 Å². The summed E-state index contributed by atoms with van der Waals surface area (Å²) in [7, 11) is 0. The van der Waals surface area contributed by atoms with E-state index in [2.05, 4.69) is 5.32 Å². The largest absolute Gasteiger partial charge is 0.396 e. The molecule has 10 heavy (non-hydrogen) atoms. The second-order valence-electron chi connectivity index (χ2n) is 2.92. The zero-order chi connectivity index (χ0) is 7.56. The minimum absolute atomic E-state index is 0.0291. The van der Waals surface area contributed by atoms with E-state index in [4.69, 9.17) is 5.11 Å². The average molecular weight is 143 g/mol. The molecule has 1 fully saturated rings. The number of hydrogen-bond acceptors (Lipinski definition) is 2. The summed E-state index contributed by atoms with van der Waals surface area (Å²) in [6, 6.07) is 0.328. The van der Waals surface area contributed by atoms with Gasteiger partial charge >= 0.3 is 0 Å². The predicted molar refractivity (Wildman–Crippen MR) is 37.4 cm³/mol. The molecule has 0 saturated heterocycles. The molecule has 1 saturated carbocycles. The van der Waals surface area contributed by atoms with Crippen LogP contribution in [0.3, 0.4) is 0 Å². The molecule has 2 N–H and O–H groups in total. The summed E-state index contributed by atoms with van der Waals surface area (Å²) in [5.41, 5.74) is 0. The molecule has 3 heteroatoms. The van der Waals surface area contributed by atoms with Gasteiger partial charge in [0.2, 0.25) is 5.91 Å². The topological polar surface area (TPSA) is 49.3 Å². The van der Waals surface area contributed by atoms with Gasteiger partial charge in [-0.3, -0.25) is 4.79 Å². The number of carbonyl (C=O) groups is 1. The van der Waals surface area contributed by atoms with E-state index >= 15 is 0 Å². The summed E-state index contributed by atoms with van der Waals surface area (Å²) in [6.45, 7) is 1.78. The van der Waals surface area contributed by atoms with E-state index < -0.39 is 0 Å². The van der Waals surface area contributed by atoms with Crippen LogP contribution >= 0.6 is 0 Å². The minimum Gasteiger partial charge on any atom is -0.396 e. The van der Waals surface area contributed by atoms with Crippen molar-refractivity contribution in [1.29, 1.82) is 0 Å². The number of aliphatic hydroxyl groups is 1. The van der Waals surface area contributed by atoms with Crippen molar-refractivity contribution >= 4 is 5.91 Å². The van der Waals surface area contributed by atoms with Gasteiger partial charge in [-0.15, -0.1) is 0 Å². The molecule has 0 spiro atoms. The number of amides is 1. The molecule has 0 unspecified atom stereocenters. The van der Waals surface area contributed by atoms with Crippen LogP contribution in [0.5, 0.6) is 0 Å². The van der Waals surface area contributed by atoms with Crippen LogP contribution in [-0.2, 0) is 4.79 Å². The quantitative estimate of drug-likeness (QED) is 0.566. The van der Waals surface area contributed by atoms with Crippen molar-refractivity contribution in [2.75, 3.05) is 6.61 Å². The normalized spacial score (nSPS) is 31.0. The third-order valence-electron chi connectivity index (χ3n) is 1.90. The Hall–Kier alpha value is -0.570. The molecule has 0 aromatic carbocycles. The van der Waals surface area contributed by atoms with Crippen LogP contribution in [0.15, 0.2) is 0 Å². The molecule has 0 aromatic heterocycles. The highest BCUT2D eigenvalue weighted by Gasteiger charge is 2.28. The summed E-state index contributed by atoms with van der Waals surface area (Å²) in [5, 5.41) is 11.4. The van der Waals surface area contributed by atoms with Crippen LogP contribution in [0, 0.1) is 5.92 Å². The third kappa shape index (κ3) is 1.70. The standard InChI is InChI=1S/C7H13NO2/c1-5(10)8-7-2-6(3-7)4-9/h6-7,9H,2-4H2,1H3,(H,8,10). The summed E-state index contributed by atoms with van der Waals surface area (Å²) in [5.74, 6) is 0.457. The Balaban J connectivity index is 2.08. The van der Waals surface area contributed by atoms with Crippen LogP contribution in [0.1, 0.15) is 19.8 Å². The van der Waals surface area contributed by atoms with Gasteiger partial charge in [0.1, 0.15) is 0 Å². The lowest BCUT2D eigenvalue weighted by Gasteiger charge is -2.34. The molecule has 58 valence electrons. The first-order valence-electron chi connectivity index (χ1n) is 3.60. The van der Waals surface area contributed by atoms with Crippen molar-refractivity contribution in [1.82, 2.24) is 5.32 Å². The van der Waals surface area contributed by atoms with Crippen molar-refractivity contribution in [2.45, 2.75) is 25.8 Å². The van der Waals surface area contributed by atoms with Gasteiger partial charge in [0.25, 0.3) is 0 Å². The summed E-state index contributed by atoms with van der Waals surface area (Å²) in [4.78, 5) is 10.5. The van der Waals surface area contributed by atoms with Crippen LogP contribution < -0.4 is 5.32 Å². The van der Waals surface area contributed by atoms with E-state index in [0.717, 1.165) is 12.8 Å². The molecule has 0 atom stereocenters. The Morgan fingerprint density at radius 2 is 2.30 bits per heavy atom. The molecular weight excluding hydrogens is 130 g/mol. The highest BCUT2D eigenvalue weighted by molar-refractivity contribution is 5.73. The van der Waals surface area contributed by atoms with Crippen LogP contribution in [-0.4, -0.2) is 23.7 Å². The molecule has 0 aromatic rings. The number of carbonyl (C=O) groups excluding carboxylic acids is 1. The second-order valence-corrected chi connectivity index (χ2v) is 2.92. The third-order valence-corrected chi connectivity index (χ3v) is 1.90. The van der Waals surface area contributed by atoms with Gasteiger partial charge < -0.3 is 10.4 Å². The van der Waals surface area contributed by atoms with Gasteiger partial charge in [-0.05, 0) is 18.8 Å². The SMILES string of the molecule is CC(=O)NC1CC(CO)C1. The highest BCUT2D eigenvalue weighted by Crippen LogP contribution is 2.26. The van der Waals surface area contributed by atoms with Crippen molar-refractivity contribution in [2.24, 2.45) is 5.92 Å². The molecule has 0 heterocycles. The Labute approximate surface area is 60.4 Å². The van der Waals surface area contributed by atoms with Gasteiger partial charge in [0, 0.05) is 19.6 Å². The van der Waals surface area contributed by atoms with Crippen molar-refractivity contribution in [3.8, 4) is 0 Å². The zero-order valence-corrected chi connectivity index (χ0v) is 6.13. The Kier molecular flexibility index (Phi) is 2.27. The van der Waals surface area contributed by atoms with Crippen LogP contribution in [0.25, 0.3) is 0 Å². The Morgan fingerprint density at radius 3 is 2.70 bits per heavy atom. The molecule has 0 bridgehead atoms. The molecule has 1 aliphatic rings. The lowest BCUT2D eigenvalue weighted by Crippen LogP contribution is -2.44. The zero-order valence-electron chi connectivity index (χ0n) is 6.13. The van der Waals surface area contributed by atoms with Crippen LogP contribution in [0.4, 0.5) is 0 Å². The Morgan fingerprint density at radius 1 is 1.70 bits per heavy atom. The van der Waals surface area contributed by atoms with E-state index in [1.54, 1.807) is 0 Å². The maximum Gasteiger partial charge on any atom is 0.217 e. The Bertz CT molecular complexity index is 130.